The summed E-state index contributed by atoms with van der Waals surface area (Å²) in [5, 5.41) is 11.3. The second-order valence-electron chi connectivity index (χ2n) is 5.96. The van der Waals surface area contributed by atoms with Crippen LogP contribution in [0.2, 0.25) is 0 Å². The maximum Gasteiger partial charge on any atom is 0.185 e. The summed E-state index contributed by atoms with van der Waals surface area (Å²) in [6.07, 6.45) is 2.52. The quantitative estimate of drug-likeness (QED) is 0.923. The van der Waals surface area contributed by atoms with Gasteiger partial charge in [0.15, 0.2) is 5.13 Å². The Morgan fingerprint density at radius 1 is 1.53 bits per heavy atom. The summed E-state index contributed by atoms with van der Waals surface area (Å²) in [5.74, 6) is 0.717. The van der Waals surface area contributed by atoms with Gasteiger partial charge in [0.2, 0.25) is 0 Å². The topological polar surface area (TPSA) is 45.6 Å². The number of aliphatic hydroxyl groups is 1. The van der Waals surface area contributed by atoms with Crippen molar-refractivity contribution in [2.45, 2.75) is 45.8 Å². The molecule has 0 radical (unpaired) electrons. The van der Waals surface area contributed by atoms with Gasteiger partial charge >= 0.3 is 0 Å². The van der Waals surface area contributed by atoms with Crippen LogP contribution in [0.3, 0.4) is 0 Å². The molecule has 1 saturated heterocycles. The number of piperidine rings is 1. The van der Waals surface area contributed by atoms with E-state index in [-0.39, 0.29) is 0 Å². The molecule has 1 atom stereocenters. The number of ether oxygens (including phenoxy) is 1. The third-order valence-corrected chi connectivity index (χ3v) is 4.92. The minimum absolute atomic E-state index is 0.458. The number of hydrogen-bond donors (Lipinski definition) is 1. The number of hydrogen-bond acceptors (Lipinski definition) is 5. The second-order valence-corrected chi connectivity index (χ2v) is 6.94. The molecular formula is C14H24N2O2S. The van der Waals surface area contributed by atoms with Crippen molar-refractivity contribution in [2.75, 3.05) is 25.1 Å². The van der Waals surface area contributed by atoms with Crippen LogP contribution < -0.4 is 4.90 Å². The molecule has 2 heterocycles. The largest absolute Gasteiger partial charge is 0.385 e. The van der Waals surface area contributed by atoms with E-state index in [1.165, 1.54) is 12.8 Å². The summed E-state index contributed by atoms with van der Waals surface area (Å²) in [5.41, 5.74) is 0.0128. The highest BCUT2D eigenvalue weighted by Crippen LogP contribution is 2.36. The Bertz CT molecular complexity index is 426. The van der Waals surface area contributed by atoms with Crippen molar-refractivity contribution in [1.29, 1.82) is 0 Å². The zero-order chi connectivity index (χ0) is 14.0. The molecule has 5 heteroatoms. The minimum atomic E-state index is -0.856. The Balaban J connectivity index is 2.26. The predicted octanol–water partition coefficient (Wildman–Crippen LogP) is 2.75. The van der Waals surface area contributed by atoms with Crippen molar-refractivity contribution in [3.63, 3.8) is 0 Å². The summed E-state index contributed by atoms with van der Waals surface area (Å²) >= 11 is 1.60. The molecule has 0 spiro atoms. The lowest BCUT2D eigenvalue weighted by molar-refractivity contribution is 0.0782. The fourth-order valence-corrected chi connectivity index (χ4v) is 3.66. The van der Waals surface area contributed by atoms with Gasteiger partial charge in [0.1, 0.15) is 0 Å². The van der Waals surface area contributed by atoms with E-state index in [4.69, 9.17) is 4.74 Å². The molecule has 0 bridgehead atoms. The molecule has 1 aliphatic rings. The van der Waals surface area contributed by atoms with Gasteiger partial charge in [0, 0.05) is 20.2 Å². The van der Waals surface area contributed by atoms with Gasteiger partial charge in [-0.05, 0) is 32.6 Å². The first-order chi connectivity index (χ1) is 8.91. The number of methoxy groups -OCH3 is 1. The van der Waals surface area contributed by atoms with Gasteiger partial charge in [-0.3, -0.25) is 0 Å². The van der Waals surface area contributed by atoms with Gasteiger partial charge < -0.3 is 14.7 Å². The number of thiazole rings is 1. The van der Waals surface area contributed by atoms with Gasteiger partial charge in [0.05, 0.1) is 22.8 Å². The highest BCUT2D eigenvalue weighted by molar-refractivity contribution is 7.15. The van der Waals surface area contributed by atoms with Gasteiger partial charge in [-0.15, -0.1) is 0 Å². The average Bonchev–Trinajstić information content (AvgIpc) is 2.73. The summed E-state index contributed by atoms with van der Waals surface area (Å²) < 4.78 is 5.20. The third kappa shape index (κ3) is 3.46. The Morgan fingerprint density at radius 3 is 2.84 bits per heavy atom. The molecule has 1 N–H and O–H groups in total. The fraction of sp³-hybridized carbons (Fsp3) is 0.786. The first kappa shape index (κ1) is 14.8. The first-order valence-corrected chi connectivity index (χ1v) is 7.70. The van der Waals surface area contributed by atoms with E-state index in [0.29, 0.717) is 12.5 Å². The Kier molecular flexibility index (Phi) is 4.48. The van der Waals surface area contributed by atoms with E-state index in [1.54, 1.807) is 18.4 Å². The van der Waals surface area contributed by atoms with Crippen LogP contribution in [0.4, 0.5) is 5.13 Å². The van der Waals surface area contributed by atoms with Gasteiger partial charge in [-0.25, -0.2) is 4.98 Å². The predicted molar refractivity (Wildman–Crippen MR) is 78.7 cm³/mol. The molecule has 2 rings (SSSR count). The number of rotatable bonds is 4. The molecule has 0 amide bonds. The van der Waals surface area contributed by atoms with Crippen molar-refractivity contribution in [2.24, 2.45) is 5.92 Å². The number of aromatic nitrogens is 1. The van der Waals surface area contributed by atoms with E-state index in [2.05, 4.69) is 16.8 Å². The maximum absolute atomic E-state index is 10.3. The number of nitrogens with zero attached hydrogens (tertiary/aromatic N) is 2. The van der Waals surface area contributed by atoms with E-state index in [9.17, 15) is 5.11 Å². The molecular weight excluding hydrogens is 260 g/mol. The second kappa shape index (κ2) is 5.77. The molecule has 1 aromatic heterocycles. The van der Waals surface area contributed by atoms with E-state index in [0.717, 1.165) is 28.8 Å². The normalized spacial score (nSPS) is 20.9. The van der Waals surface area contributed by atoms with Crippen molar-refractivity contribution < 1.29 is 9.84 Å². The minimum Gasteiger partial charge on any atom is -0.385 e. The molecule has 19 heavy (non-hydrogen) atoms. The SMILES string of the molecule is COCc1nc(N2CCCC(C)C2)sc1C(C)(C)O. The standard InChI is InChI=1S/C14H24N2O2S/c1-10-6-5-7-16(8-10)13-15-11(9-18-4)12(19-13)14(2,3)17/h10,17H,5-9H2,1-4H3. The summed E-state index contributed by atoms with van der Waals surface area (Å²) in [7, 11) is 1.66. The summed E-state index contributed by atoms with van der Waals surface area (Å²) in [6, 6.07) is 0. The van der Waals surface area contributed by atoms with E-state index < -0.39 is 5.60 Å². The van der Waals surface area contributed by atoms with Crippen molar-refractivity contribution >= 4 is 16.5 Å². The zero-order valence-corrected chi connectivity index (χ0v) is 13.1. The van der Waals surface area contributed by atoms with Crippen LogP contribution in [0.5, 0.6) is 0 Å². The molecule has 4 nitrogen and oxygen atoms in total. The van der Waals surface area contributed by atoms with Crippen molar-refractivity contribution in [3.8, 4) is 0 Å². The smallest absolute Gasteiger partial charge is 0.185 e. The van der Waals surface area contributed by atoms with Crippen LogP contribution in [0.1, 0.15) is 44.2 Å². The lowest BCUT2D eigenvalue weighted by Gasteiger charge is -2.30. The third-order valence-electron chi connectivity index (χ3n) is 3.45. The van der Waals surface area contributed by atoms with Crippen LogP contribution in [-0.4, -0.2) is 30.3 Å². The molecule has 1 unspecified atom stereocenters. The van der Waals surface area contributed by atoms with Crippen LogP contribution in [0.15, 0.2) is 0 Å². The van der Waals surface area contributed by atoms with E-state index in [1.807, 2.05) is 13.8 Å². The van der Waals surface area contributed by atoms with Gasteiger partial charge in [-0.1, -0.05) is 18.3 Å². The molecule has 0 aromatic carbocycles. The Hall–Kier alpha value is -0.650. The van der Waals surface area contributed by atoms with Crippen molar-refractivity contribution in [3.05, 3.63) is 10.6 Å². The van der Waals surface area contributed by atoms with E-state index >= 15 is 0 Å². The lowest BCUT2D eigenvalue weighted by Crippen LogP contribution is -2.34. The van der Waals surface area contributed by atoms with Crippen LogP contribution >= 0.6 is 11.3 Å². The maximum atomic E-state index is 10.3. The van der Waals surface area contributed by atoms with Crippen molar-refractivity contribution in [1.82, 2.24) is 4.98 Å². The molecule has 1 aliphatic heterocycles. The van der Waals surface area contributed by atoms with Gasteiger partial charge in [0.25, 0.3) is 0 Å². The van der Waals surface area contributed by atoms with Crippen LogP contribution in [0, 0.1) is 5.92 Å². The molecule has 1 aromatic rings. The average molecular weight is 284 g/mol. The summed E-state index contributed by atoms with van der Waals surface area (Å²) in [6.45, 7) is 8.48. The fourth-order valence-electron chi connectivity index (χ4n) is 2.55. The van der Waals surface area contributed by atoms with Crippen LogP contribution in [0.25, 0.3) is 0 Å². The number of anilines is 1. The molecule has 0 saturated carbocycles. The highest BCUT2D eigenvalue weighted by Gasteiger charge is 2.27. The van der Waals surface area contributed by atoms with Crippen LogP contribution in [-0.2, 0) is 16.9 Å². The monoisotopic (exact) mass is 284 g/mol. The summed E-state index contributed by atoms with van der Waals surface area (Å²) in [4.78, 5) is 7.94. The Labute approximate surface area is 119 Å². The first-order valence-electron chi connectivity index (χ1n) is 6.88. The lowest BCUT2D eigenvalue weighted by atomic mass is 10.0. The molecule has 0 aliphatic carbocycles. The zero-order valence-electron chi connectivity index (χ0n) is 12.3. The molecule has 108 valence electrons. The van der Waals surface area contributed by atoms with Gasteiger partial charge in [-0.2, -0.15) is 0 Å². The molecule has 1 fully saturated rings. The Morgan fingerprint density at radius 2 is 2.26 bits per heavy atom. The highest BCUT2D eigenvalue weighted by atomic mass is 32.1.